The third-order valence-corrected chi connectivity index (χ3v) is 3.73. The van der Waals surface area contributed by atoms with Gasteiger partial charge >= 0.3 is 5.97 Å². The molecule has 4 nitrogen and oxygen atoms in total. The molecule has 1 N–H and O–H groups in total. The number of nitrogens with zero attached hydrogens (tertiary/aromatic N) is 1. The van der Waals surface area contributed by atoms with Crippen LogP contribution in [0.4, 0.5) is 0 Å². The second-order valence-electron chi connectivity index (χ2n) is 5.70. The highest BCUT2D eigenvalue weighted by atomic mass is 16.5. The molecule has 1 aliphatic heterocycles. The summed E-state index contributed by atoms with van der Waals surface area (Å²) in [5.41, 5.74) is -0.594. The molecule has 0 aromatic carbocycles. The van der Waals surface area contributed by atoms with Crippen LogP contribution in [0.3, 0.4) is 0 Å². The number of ether oxygens (including phenoxy) is 1. The quantitative estimate of drug-likeness (QED) is 0.734. The van der Waals surface area contributed by atoms with E-state index in [1.165, 1.54) is 6.42 Å². The summed E-state index contributed by atoms with van der Waals surface area (Å²) in [4.78, 5) is 14.5. The molecule has 0 aliphatic carbocycles. The van der Waals surface area contributed by atoms with Gasteiger partial charge in [0.25, 0.3) is 0 Å². The Morgan fingerprint density at radius 2 is 2.11 bits per heavy atom. The van der Waals surface area contributed by atoms with Gasteiger partial charge in [-0.15, -0.1) is 0 Å². The highest BCUT2D eigenvalue weighted by Gasteiger charge is 2.39. The zero-order valence-corrected chi connectivity index (χ0v) is 12.5. The number of carbonyl (C=O) groups excluding carboxylic acids is 1. The van der Waals surface area contributed by atoms with Crippen LogP contribution in [0.25, 0.3) is 0 Å². The SMILES string of the molecule is CCNC(C)(CN1CC(C)CC1C)C(=O)OCC. The van der Waals surface area contributed by atoms with E-state index < -0.39 is 5.54 Å². The van der Waals surface area contributed by atoms with Gasteiger partial charge in [0.05, 0.1) is 6.61 Å². The summed E-state index contributed by atoms with van der Waals surface area (Å²) in [6.07, 6.45) is 1.21. The molecule has 0 aromatic rings. The Balaban J connectivity index is 2.69. The minimum atomic E-state index is -0.594. The van der Waals surface area contributed by atoms with Crippen LogP contribution in [-0.2, 0) is 9.53 Å². The minimum Gasteiger partial charge on any atom is -0.465 e. The third-order valence-electron chi connectivity index (χ3n) is 3.73. The van der Waals surface area contributed by atoms with E-state index in [9.17, 15) is 4.79 Å². The minimum absolute atomic E-state index is 0.140. The van der Waals surface area contributed by atoms with Crippen molar-refractivity contribution in [3.63, 3.8) is 0 Å². The lowest BCUT2D eigenvalue weighted by Crippen LogP contribution is -2.58. The third kappa shape index (κ3) is 3.69. The van der Waals surface area contributed by atoms with Crippen LogP contribution < -0.4 is 5.32 Å². The topological polar surface area (TPSA) is 41.6 Å². The average Bonchev–Trinajstić information content (AvgIpc) is 2.58. The first kappa shape index (κ1) is 15.4. The molecule has 1 heterocycles. The number of likely N-dealkylation sites (N-methyl/N-ethyl adjacent to an activating group) is 1. The van der Waals surface area contributed by atoms with Crippen molar-refractivity contribution in [2.24, 2.45) is 5.92 Å². The number of rotatable bonds is 6. The molecule has 1 saturated heterocycles. The van der Waals surface area contributed by atoms with E-state index in [4.69, 9.17) is 4.74 Å². The Bertz CT molecular complexity index is 283. The first-order valence-electron chi connectivity index (χ1n) is 7.09. The normalized spacial score (nSPS) is 28.1. The molecule has 0 spiro atoms. The summed E-state index contributed by atoms with van der Waals surface area (Å²) in [6.45, 7) is 13.3. The van der Waals surface area contributed by atoms with Crippen LogP contribution in [-0.4, -0.2) is 48.7 Å². The number of likely N-dealkylation sites (tertiary alicyclic amines) is 1. The van der Waals surface area contributed by atoms with Crippen LogP contribution in [0.15, 0.2) is 0 Å². The Morgan fingerprint density at radius 3 is 2.56 bits per heavy atom. The molecular formula is C14H28N2O2. The molecule has 0 amide bonds. The van der Waals surface area contributed by atoms with Gasteiger partial charge in [-0.2, -0.15) is 0 Å². The molecule has 4 heteroatoms. The lowest BCUT2D eigenvalue weighted by Gasteiger charge is -2.34. The molecule has 1 aliphatic rings. The summed E-state index contributed by atoms with van der Waals surface area (Å²) in [5.74, 6) is 0.576. The van der Waals surface area contributed by atoms with Crippen molar-refractivity contribution < 1.29 is 9.53 Å². The Kier molecular flexibility index (Phi) is 5.60. The first-order chi connectivity index (χ1) is 8.42. The van der Waals surface area contributed by atoms with Crippen LogP contribution in [0, 0.1) is 5.92 Å². The fraction of sp³-hybridized carbons (Fsp3) is 0.929. The highest BCUT2D eigenvalue weighted by molar-refractivity contribution is 5.80. The van der Waals surface area contributed by atoms with Gasteiger partial charge in [-0.05, 0) is 39.7 Å². The molecule has 106 valence electrons. The zero-order chi connectivity index (χ0) is 13.8. The largest absolute Gasteiger partial charge is 0.465 e. The summed E-state index contributed by atoms with van der Waals surface area (Å²) in [7, 11) is 0. The molecule has 1 rings (SSSR count). The van der Waals surface area contributed by atoms with Gasteiger partial charge in [-0.1, -0.05) is 13.8 Å². The Morgan fingerprint density at radius 1 is 1.44 bits per heavy atom. The van der Waals surface area contributed by atoms with Crippen molar-refractivity contribution in [2.45, 2.75) is 52.6 Å². The maximum atomic E-state index is 12.1. The summed E-state index contributed by atoms with van der Waals surface area (Å²) in [5, 5.41) is 3.29. The number of hydrogen-bond donors (Lipinski definition) is 1. The molecule has 0 saturated carbocycles. The van der Waals surface area contributed by atoms with E-state index >= 15 is 0 Å². The molecule has 0 radical (unpaired) electrons. The predicted octanol–water partition coefficient (Wildman–Crippen LogP) is 1.65. The predicted molar refractivity (Wildman–Crippen MR) is 73.5 cm³/mol. The maximum absolute atomic E-state index is 12.1. The molecule has 0 bridgehead atoms. The molecule has 0 aromatic heterocycles. The van der Waals surface area contributed by atoms with Gasteiger partial charge < -0.3 is 10.1 Å². The van der Waals surface area contributed by atoms with E-state index in [1.54, 1.807) is 0 Å². The first-order valence-corrected chi connectivity index (χ1v) is 7.09. The van der Waals surface area contributed by atoms with Crippen LogP contribution in [0.5, 0.6) is 0 Å². The zero-order valence-electron chi connectivity index (χ0n) is 12.5. The number of nitrogens with one attached hydrogen (secondary N) is 1. The second-order valence-corrected chi connectivity index (χ2v) is 5.70. The average molecular weight is 256 g/mol. The molecule has 1 fully saturated rings. The van der Waals surface area contributed by atoms with Crippen molar-refractivity contribution in [3.05, 3.63) is 0 Å². The number of carbonyl (C=O) groups is 1. The van der Waals surface area contributed by atoms with Crippen molar-refractivity contribution in [3.8, 4) is 0 Å². The summed E-state index contributed by atoms with van der Waals surface area (Å²) < 4.78 is 5.20. The van der Waals surface area contributed by atoms with Gasteiger partial charge in [0.15, 0.2) is 0 Å². The van der Waals surface area contributed by atoms with Crippen LogP contribution in [0.1, 0.15) is 41.0 Å². The summed E-state index contributed by atoms with van der Waals surface area (Å²) >= 11 is 0. The van der Waals surface area contributed by atoms with Gasteiger partial charge in [0.2, 0.25) is 0 Å². The van der Waals surface area contributed by atoms with Gasteiger partial charge in [0, 0.05) is 19.1 Å². The van der Waals surface area contributed by atoms with Crippen molar-refractivity contribution in [1.29, 1.82) is 0 Å². The van der Waals surface area contributed by atoms with Gasteiger partial charge in [-0.3, -0.25) is 9.69 Å². The fourth-order valence-electron chi connectivity index (χ4n) is 2.89. The highest BCUT2D eigenvalue weighted by Crippen LogP contribution is 2.24. The molecule has 18 heavy (non-hydrogen) atoms. The van der Waals surface area contributed by atoms with Gasteiger partial charge in [-0.25, -0.2) is 0 Å². The fourth-order valence-corrected chi connectivity index (χ4v) is 2.89. The van der Waals surface area contributed by atoms with E-state index in [1.807, 2.05) is 20.8 Å². The van der Waals surface area contributed by atoms with E-state index in [-0.39, 0.29) is 5.97 Å². The van der Waals surface area contributed by atoms with Crippen molar-refractivity contribution >= 4 is 5.97 Å². The molecular weight excluding hydrogens is 228 g/mol. The van der Waals surface area contributed by atoms with E-state index in [0.29, 0.717) is 18.6 Å². The van der Waals surface area contributed by atoms with E-state index in [0.717, 1.165) is 19.6 Å². The Hall–Kier alpha value is -0.610. The smallest absolute Gasteiger partial charge is 0.327 e. The van der Waals surface area contributed by atoms with Gasteiger partial charge in [0.1, 0.15) is 5.54 Å². The van der Waals surface area contributed by atoms with E-state index in [2.05, 4.69) is 24.1 Å². The molecule has 3 unspecified atom stereocenters. The maximum Gasteiger partial charge on any atom is 0.327 e. The summed E-state index contributed by atoms with van der Waals surface area (Å²) in [6, 6.07) is 0.549. The monoisotopic (exact) mass is 256 g/mol. The lowest BCUT2D eigenvalue weighted by molar-refractivity contribution is -0.151. The Labute approximate surface area is 111 Å². The van der Waals surface area contributed by atoms with Crippen molar-refractivity contribution in [1.82, 2.24) is 10.2 Å². The lowest BCUT2D eigenvalue weighted by atomic mass is 10.0. The van der Waals surface area contributed by atoms with Crippen molar-refractivity contribution in [2.75, 3.05) is 26.2 Å². The second kappa shape index (κ2) is 6.53. The number of esters is 1. The number of hydrogen-bond acceptors (Lipinski definition) is 4. The van der Waals surface area contributed by atoms with Crippen LogP contribution in [0.2, 0.25) is 0 Å². The van der Waals surface area contributed by atoms with Crippen LogP contribution >= 0.6 is 0 Å². The molecule has 3 atom stereocenters. The standard InChI is InChI=1S/C14H28N2O2/c1-6-15-14(5,13(17)18-7-2)10-16-9-11(3)8-12(16)4/h11-12,15H,6-10H2,1-5H3.